The molecule has 0 aliphatic carbocycles. The SMILES string of the molecule is COc1ccc([C@@H]2CNCCN2Cc2cc(C)on2)cc1. The van der Waals surface area contributed by atoms with Crippen molar-refractivity contribution in [3.8, 4) is 5.75 Å². The highest BCUT2D eigenvalue weighted by Gasteiger charge is 2.24. The van der Waals surface area contributed by atoms with Gasteiger partial charge in [-0.2, -0.15) is 0 Å². The predicted octanol–water partition coefficient (Wildman–Crippen LogP) is 2.14. The second kappa shape index (κ2) is 6.28. The van der Waals surface area contributed by atoms with Gasteiger partial charge in [0.1, 0.15) is 11.5 Å². The first-order valence-electron chi connectivity index (χ1n) is 7.27. The lowest BCUT2D eigenvalue weighted by Crippen LogP contribution is -2.45. The van der Waals surface area contributed by atoms with E-state index in [9.17, 15) is 0 Å². The van der Waals surface area contributed by atoms with Crippen molar-refractivity contribution in [3.05, 3.63) is 47.3 Å². The summed E-state index contributed by atoms with van der Waals surface area (Å²) >= 11 is 0. The molecule has 3 rings (SSSR count). The highest BCUT2D eigenvalue weighted by Crippen LogP contribution is 2.25. The van der Waals surface area contributed by atoms with Gasteiger partial charge in [0.15, 0.2) is 0 Å². The maximum Gasteiger partial charge on any atom is 0.133 e. The number of ether oxygens (including phenoxy) is 1. The van der Waals surface area contributed by atoms with Crippen LogP contribution in [0.25, 0.3) is 0 Å². The maximum absolute atomic E-state index is 5.23. The Balaban J connectivity index is 1.76. The summed E-state index contributed by atoms with van der Waals surface area (Å²) in [7, 11) is 1.69. The molecule has 0 amide bonds. The van der Waals surface area contributed by atoms with Crippen LogP contribution in [0.5, 0.6) is 5.75 Å². The normalized spacial score (nSPS) is 19.6. The van der Waals surface area contributed by atoms with Crippen LogP contribution in [0.4, 0.5) is 0 Å². The zero-order valence-corrected chi connectivity index (χ0v) is 12.5. The Labute approximate surface area is 124 Å². The minimum atomic E-state index is 0.349. The Bertz CT molecular complexity index is 579. The van der Waals surface area contributed by atoms with Gasteiger partial charge in [0, 0.05) is 38.3 Å². The Hall–Kier alpha value is -1.85. The van der Waals surface area contributed by atoms with E-state index in [0.29, 0.717) is 6.04 Å². The average Bonchev–Trinajstić information content (AvgIpc) is 2.93. The van der Waals surface area contributed by atoms with Crippen LogP contribution in [0.2, 0.25) is 0 Å². The van der Waals surface area contributed by atoms with Crippen LogP contribution in [0, 0.1) is 6.92 Å². The number of nitrogens with one attached hydrogen (secondary N) is 1. The van der Waals surface area contributed by atoms with Gasteiger partial charge in [-0.25, -0.2) is 0 Å². The first-order chi connectivity index (χ1) is 10.3. The lowest BCUT2D eigenvalue weighted by molar-refractivity contribution is 0.150. The van der Waals surface area contributed by atoms with Gasteiger partial charge < -0.3 is 14.6 Å². The van der Waals surface area contributed by atoms with E-state index in [1.165, 1.54) is 5.56 Å². The van der Waals surface area contributed by atoms with E-state index >= 15 is 0 Å². The highest BCUT2D eigenvalue weighted by atomic mass is 16.5. The van der Waals surface area contributed by atoms with Gasteiger partial charge in [-0.15, -0.1) is 0 Å². The van der Waals surface area contributed by atoms with Crippen molar-refractivity contribution in [3.63, 3.8) is 0 Å². The molecule has 21 heavy (non-hydrogen) atoms. The molecule has 5 nitrogen and oxygen atoms in total. The van der Waals surface area contributed by atoms with Crippen LogP contribution in [0.3, 0.4) is 0 Å². The molecule has 1 fully saturated rings. The van der Waals surface area contributed by atoms with Gasteiger partial charge in [0.25, 0.3) is 0 Å². The average molecular weight is 287 g/mol. The Kier molecular flexibility index (Phi) is 4.22. The zero-order chi connectivity index (χ0) is 14.7. The van der Waals surface area contributed by atoms with Crippen molar-refractivity contribution in [2.24, 2.45) is 0 Å². The Morgan fingerprint density at radius 1 is 1.38 bits per heavy atom. The van der Waals surface area contributed by atoms with Crippen molar-refractivity contribution in [2.75, 3.05) is 26.7 Å². The van der Waals surface area contributed by atoms with E-state index in [4.69, 9.17) is 9.26 Å². The molecular formula is C16H21N3O2. The van der Waals surface area contributed by atoms with Crippen molar-refractivity contribution in [1.82, 2.24) is 15.4 Å². The highest BCUT2D eigenvalue weighted by molar-refractivity contribution is 5.29. The van der Waals surface area contributed by atoms with Crippen LogP contribution >= 0.6 is 0 Å². The smallest absolute Gasteiger partial charge is 0.133 e. The molecule has 0 spiro atoms. The third-order valence-corrected chi connectivity index (χ3v) is 3.90. The molecule has 1 aromatic carbocycles. The lowest BCUT2D eigenvalue weighted by Gasteiger charge is -2.36. The summed E-state index contributed by atoms with van der Waals surface area (Å²) < 4.78 is 10.4. The molecule has 112 valence electrons. The van der Waals surface area contributed by atoms with Gasteiger partial charge in [0.05, 0.1) is 12.8 Å². The molecular weight excluding hydrogens is 266 g/mol. The summed E-state index contributed by atoms with van der Waals surface area (Å²) in [5.74, 6) is 1.75. The number of aryl methyl sites for hydroxylation is 1. The number of hydrogen-bond donors (Lipinski definition) is 1. The molecule has 5 heteroatoms. The summed E-state index contributed by atoms with van der Waals surface area (Å²) in [6, 6.07) is 10.7. The molecule has 2 aromatic rings. The zero-order valence-electron chi connectivity index (χ0n) is 12.5. The maximum atomic E-state index is 5.23. The van der Waals surface area contributed by atoms with E-state index in [2.05, 4.69) is 27.5 Å². The summed E-state index contributed by atoms with van der Waals surface area (Å²) in [6.45, 7) is 5.69. The molecule has 1 atom stereocenters. The molecule has 0 bridgehead atoms. The monoisotopic (exact) mass is 287 g/mol. The second-order valence-corrected chi connectivity index (χ2v) is 5.39. The van der Waals surface area contributed by atoms with Crippen LogP contribution in [0.15, 0.2) is 34.9 Å². The molecule has 1 saturated heterocycles. The minimum Gasteiger partial charge on any atom is -0.497 e. The standard InChI is InChI=1S/C16H21N3O2/c1-12-9-14(18-21-12)11-19-8-7-17-10-16(19)13-3-5-15(20-2)6-4-13/h3-6,9,16-17H,7-8,10-11H2,1-2H3/t16-/m0/s1. The van der Waals surface area contributed by atoms with Crippen molar-refractivity contribution >= 4 is 0 Å². The Morgan fingerprint density at radius 3 is 2.86 bits per heavy atom. The number of benzene rings is 1. The van der Waals surface area contributed by atoms with Crippen LogP contribution in [0.1, 0.15) is 23.1 Å². The number of nitrogens with zero attached hydrogens (tertiary/aromatic N) is 2. The van der Waals surface area contributed by atoms with E-state index in [0.717, 1.165) is 43.4 Å². The molecule has 0 radical (unpaired) electrons. The largest absolute Gasteiger partial charge is 0.497 e. The lowest BCUT2D eigenvalue weighted by atomic mass is 10.0. The van der Waals surface area contributed by atoms with E-state index < -0.39 is 0 Å². The topological polar surface area (TPSA) is 50.5 Å². The van der Waals surface area contributed by atoms with E-state index in [1.54, 1.807) is 7.11 Å². The van der Waals surface area contributed by atoms with Gasteiger partial charge in [0.2, 0.25) is 0 Å². The first kappa shape index (κ1) is 14.1. The fourth-order valence-electron chi connectivity index (χ4n) is 2.79. The van der Waals surface area contributed by atoms with Crippen LogP contribution < -0.4 is 10.1 Å². The fourth-order valence-corrected chi connectivity index (χ4v) is 2.79. The van der Waals surface area contributed by atoms with Gasteiger partial charge in [-0.1, -0.05) is 17.3 Å². The molecule has 0 unspecified atom stereocenters. The first-order valence-corrected chi connectivity index (χ1v) is 7.27. The summed E-state index contributed by atoms with van der Waals surface area (Å²) in [5.41, 5.74) is 2.29. The number of piperazine rings is 1. The molecule has 1 aliphatic heterocycles. The quantitative estimate of drug-likeness (QED) is 0.933. The van der Waals surface area contributed by atoms with Crippen LogP contribution in [-0.2, 0) is 6.54 Å². The van der Waals surface area contributed by atoms with E-state index in [-0.39, 0.29) is 0 Å². The number of hydrogen-bond acceptors (Lipinski definition) is 5. The summed E-state index contributed by atoms with van der Waals surface area (Å²) in [4.78, 5) is 2.44. The number of aromatic nitrogens is 1. The fraction of sp³-hybridized carbons (Fsp3) is 0.438. The van der Waals surface area contributed by atoms with E-state index in [1.807, 2.05) is 25.1 Å². The Morgan fingerprint density at radius 2 is 2.19 bits per heavy atom. The van der Waals surface area contributed by atoms with Gasteiger partial charge in [-0.3, -0.25) is 4.90 Å². The molecule has 1 aliphatic rings. The van der Waals surface area contributed by atoms with Gasteiger partial charge in [-0.05, 0) is 24.6 Å². The summed E-state index contributed by atoms with van der Waals surface area (Å²) in [6.07, 6.45) is 0. The van der Waals surface area contributed by atoms with Gasteiger partial charge >= 0.3 is 0 Å². The number of methoxy groups -OCH3 is 1. The third kappa shape index (κ3) is 3.25. The molecule has 1 aromatic heterocycles. The third-order valence-electron chi connectivity index (χ3n) is 3.90. The predicted molar refractivity (Wildman–Crippen MR) is 80.3 cm³/mol. The number of rotatable bonds is 4. The minimum absolute atomic E-state index is 0.349. The molecule has 2 heterocycles. The van der Waals surface area contributed by atoms with Crippen molar-refractivity contribution in [1.29, 1.82) is 0 Å². The van der Waals surface area contributed by atoms with Crippen molar-refractivity contribution < 1.29 is 9.26 Å². The molecule has 0 saturated carbocycles. The van der Waals surface area contributed by atoms with Crippen molar-refractivity contribution in [2.45, 2.75) is 19.5 Å². The molecule has 1 N–H and O–H groups in total. The second-order valence-electron chi connectivity index (χ2n) is 5.39. The summed E-state index contributed by atoms with van der Waals surface area (Å²) in [5, 5.41) is 7.57. The van der Waals surface area contributed by atoms with Crippen LogP contribution in [-0.4, -0.2) is 36.8 Å².